The summed E-state index contributed by atoms with van der Waals surface area (Å²) in [7, 11) is -6.40. The van der Waals surface area contributed by atoms with E-state index in [1.54, 1.807) is 12.1 Å². The average molecular weight is 602 g/mol. The molecule has 0 fully saturated rings. The van der Waals surface area contributed by atoms with E-state index in [1.165, 1.54) is 18.3 Å². The minimum atomic E-state index is -3.70. The summed E-state index contributed by atoms with van der Waals surface area (Å²) < 4.78 is 44.7. The SMILES string of the molecule is C=CS(=O)(=O)CNc1nc(C(=O)NCc2ccc(F)cc2)c(O[Si](C(C)C)(C(C)C)C(C)C)c2nc(C=O)cnc12. The van der Waals surface area contributed by atoms with Gasteiger partial charge in [0.05, 0.1) is 6.20 Å². The highest BCUT2D eigenvalue weighted by molar-refractivity contribution is 7.94. The number of nitrogens with one attached hydrogen (secondary N) is 2. The molecule has 0 radical (unpaired) electrons. The number of rotatable bonds is 13. The Morgan fingerprint density at radius 2 is 1.66 bits per heavy atom. The fourth-order valence-electron chi connectivity index (χ4n) is 5.12. The Hall–Kier alpha value is -3.71. The second-order valence-electron chi connectivity index (χ2n) is 10.6. The first kappa shape index (κ1) is 31.8. The van der Waals surface area contributed by atoms with E-state index in [0.29, 0.717) is 11.8 Å². The molecule has 10 nitrogen and oxygen atoms in total. The number of sulfone groups is 1. The number of hydrogen-bond acceptors (Lipinski definition) is 9. The number of nitrogens with zero attached hydrogens (tertiary/aromatic N) is 3. The molecule has 0 saturated carbocycles. The molecule has 3 rings (SSSR count). The van der Waals surface area contributed by atoms with Gasteiger partial charge in [0.15, 0.2) is 33.4 Å². The van der Waals surface area contributed by atoms with Crippen LogP contribution in [0.4, 0.5) is 10.2 Å². The zero-order valence-corrected chi connectivity index (χ0v) is 25.9. The van der Waals surface area contributed by atoms with Gasteiger partial charge >= 0.3 is 0 Å². The molecule has 220 valence electrons. The number of fused-ring (bicyclic) bond motifs is 1. The number of carbonyl (C=O) groups excluding carboxylic acids is 2. The summed E-state index contributed by atoms with van der Waals surface area (Å²) in [4.78, 5) is 38.7. The third-order valence-electron chi connectivity index (χ3n) is 7.05. The van der Waals surface area contributed by atoms with Crippen LogP contribution in [-0.2, 0) is 16.4 Å². The molecule has 1 aromatic carbocycles. The van der Waals surface area contributed by atoms with Crippen LogP contribution in [-0.4, -0.2) is 49.8 Å². The molecule has 3 aromatic rings. The maximum atomic E-state index is 13.7. The van der Waals surface area contributed by atoms with E-state index in [0.717, 1.165) is 5.41 Å². The molecule has 2 aromatic heterocycles. The van der Waals surface area contributed by atoms with Gasteiger partial charge in [0.1, 0.15) is 28.4 Å². The second-order valence-corrected chi connectivity index (χ2v) is 18.0. The van der Waals surface area contributed by atoms with Gasteiger partial charge < -0.3 is 15.1 Å². The van der Waals surface area contributed by atoms with E-state index < -0.39 is 35.8 Å². The Balaban J connectivity index is 2.28. The zero-order chi connectivity index (χ0) is 30.5. The van der Waals surface area contributed by atoms with Gasteiger partial charge in [-0.15, -0.1) is 0 Å². The number of halogens is 1. The minimum Gasteiger partial charge on any atom is -0.540 e. The van der Waals surface area contributed by atoms with Crippen LogP contribution in [0.3, 0.4) is 0 Å². The van der Waals surface area contributed by atoms with Crippen molar-refractivity contribution in [1.82, 2.24) is 20.3 Å². The molecular formula is C28H36FN5O5SSi. The van der Waals surface area contributed by atoms with Crippen LogP contribution >= 0.6 is 0 Å². The number of benzene rings is 1. The van der Waals surface area contributed by atoms with Crippen molar-refractivity contribution < 1.29 is 26.8 Å². The van der Waals surface area contributed by atoms with Crippen molar-refractivity contribution in [3.8, 4) is 5.75 Å². The topological polar surface area (TPSA) is 140 Å². The lowest BCUT2D eigenvalue weighted by Gasteiger charge is -2.42. The number of aldehydes is 1. The van der Waals surface area contributed by atoms with Crippen LogP contribution in [0, 0.1) is 5.82 Å². The molecule has 2 N–H and O–H groups in total. The smallest absolute Gasteiger partial charge is 0.274 e. The Morgan fingerprint density at radius 1 is 1.05 bits per heavy atom. The van der Waals surface area contributed by atoms with Crippen LogP contribution in [0.5, 0.6) is 5.75 Å². The molecule has 0 saturated heterocycles. The van der Waals surface area contributed by atoms with Gasteiger partial charge in [-0.05, 0) is 34.3 Å². The summed E-state index contributed by atoms with van der Waals surface area (Å²) in [6.07, 6.45) is 1.76. The normalized spacial score (nSPS) is 12.1. The quantitative estimate of drug-likeness (QED) is 0.195. The molecule has 0 spiro atoms. The first-order valence-corrected chi connectivity index (χ1v) is 17.1. The molecule has 0 atom stereocenters. The van der Waals surface area contributed by atoms with Crippen molar-refractivity contribution in [2.24, 2.45) is 0 Å². The van der Waals surface area contributed by atoms with Gasteiger partial charge in [0, 0.05) is 12.0 Å². The Bertz CT molecular complexity index is 1520. The molecule has 0 aliphatic carbocycles. The van der Waals surface area contributed by atoms with E-state index in [2.05, 4.69) is 73.7 Å². The molecule has 0 bridgehead atoms. The van der Waals surface area contributed by atoms with Crippen LogP contribution in [0.25, 0.3) is 11.0 Å². The highest BCUT2D eigenvalue weighted by atomic mass is 32.2. The van der Waals surface area contributed by atoms with Crippen LogP contribution < -0.4 is 15.1 Å². The lowest BCUT2D eigenvalue weighted by molar-refractivity contribution is 0.0943. The number of pyridine rings is 1. The highest BCUT2D eigenvalue weighted by Gasteiger charge is 2.48. The molecule has 2 heterocycles. The number of amides is 1. The van der Waals surface area contributed by atoms with Gasteiger partial charge in [-0.3, -0.25) is 9.59 Å². The van der Waals surface area contributed by atoms with Crippen LogP contribution in [0.2, 0.25) is 16.6 Å². The summed E-state index contributed by atoms with van der Waals surface area (Å²) in [5, 5.41) is 6.31. The Morgan fingerprint density at radius 3 is 2.20 bits per heavy atom. The van der Waals surface area contributed by atoms with Gasteiger partial charge in [-0.1, -0.05) is 60.3 Å². The third kappa shape index (κ3) is 6.96. The Labute approximate surface area is 240 Å². The van der Waals surface area contributed by atoms with E-state index in [1.807, 2.05) is 0 Å². The number of aromatic nitrogens is 3. The highest BCUT2D eigenvalue weighted by Crippen LogP contribution is 2.45. The summed E-state index contributed by atoms with van der Waals surface area (Å²) >= 11 is 0. The molecule has 0 unspecified atom stereocenters. The van der Waals surface area contributed by atoms with Crippen LogP contribution in [0.15, 0.2) is 42.4 Å². The van der Waals surface area contributed by atoms with Crippen molar-refractivity contribution in [3.05, 3.63) is 65.2 Å². The first-order chi connectivity index (χ1) is 19.3. The number of carbonyl (C=O) groups is 2. The van der Waals surface area contributed by atoms with E-state index in [9.17, 15) is 22.4 Å². The minimum absolute atomic E-state index is 0.00166. The second kappa shape index (κ2) is 12.9. The van der Waals surface area contributed by atoms with Gasteiger partial charge in [0.2, 0.25) is 0 Å². The summed E-state index contributed by atoms with van der Waals surface area (Å²) in [5.74, 6) is -1.54. The van der Waals surface area contributed by atoms with Crippen molar-refractivity contribution in [2.45, 2.75) is 64.7 Å². The fourth-order valence-corrected chi connectivity index (χ4v) is 10.8. The predicted molar refractivity (Wildman–Crippen MR) is 160 cm³/mol. The zero-order valence-electron chi connectivity index (χ0n) is 24.1. The maximum absolute atomic E-state index is 13.7. The molecule has 0 aliphatic heterocycles. The fraction of sp³-hybridized carbons (Fsp3) is 0.393. The summed E-state index contributed by atoms with van der Waals surface area (Å²) in [5.41, 5.74) is 1.10. The number of anilines is 1. The standard InChI is InChI=1S/C28H36FN5O5SSi/c1-8-40(37,38)16-32-27-24-23(33-22(15-35)14-30-24)26(39-41(17(2)3,18(4)5)19(6)7)25(34-27)28(36)31-13-20-9-11-21(29)12-10-20/h8-12,14-15,17-19H,1,13,16H2,2-7H3,(H,31,36)(H,32,34). The van der Waals surface area contributed by atoms with E-state index in [4.69, 9.17) is 4.43 Å². The van der Waals surface area contributed by atoms with Crippen molar-refractivity contribution in [2.75, 3.05) is 11.2 Å². The molecule has 0 aliphatic rings. The maximum Gasteiger partial charge on any atom is 0.274 e. The van der Waals surface area contributed by atoms with E-state index >= 15 is 0 Å². The Kier molecular flexibility index (Phi) is 9.97. The van der Waals surface area contributed by atoms with Crippen LogP contribution in [0.1, 0.15) is 68.1 Å². The van der Waals surface area contributed by atoms with Crippen molar-refractivity contribution in [1.29, 1.82) is 0 Å². The molecular weight excluding hydrogens is 565 g/mol. The van der Waals surface area contributed by atoms with Gasteiger partial charge in [0.25, 0.3) is 14.2 Å². The largest absolute Gasteiger partial charge is 0.540 e. The lowest BCUT2D eigenvalue weighted by atomic mass is 10.2. The number of hydrogen-bond donors (Lipinski definition) is 2. The predicted octanol–water partition coefficient (Wildman–Crippen LogP) is 5.39. The molecule has 13 heteroatoms. The van der Waals surface area contributed by atoms with Gasteiger partial charge in [-0.2, -0.15) is 0 Å². The summed E-state index contributed by atoms with van der Waals surface area (Å²) in [6, 6.07) is 5.67. The van der Waals surface area contributed by atoms with Crippen molar-refractivity contribution >= 4 is 47.2 Å². The lowest BCUT2D eigenvalue weighted by Crippen LogP contribution is -2.51. The monoisotopic (exact) mass is 601 g/mol. The summed E-state index contributed by atoms with van der Waals surface area (Å²) in [6.45, 7) is 15.9. The van der Waals surface area contributed by atoms with E-state index in [-0.39, 0.29) is 57.2 Å². The average Bonchev–Trinajstić information content (AvgIpc) is 2.93. The molecule has 41 heavy (non-hydrogen) atoms. The molecule has 1 amide bonds. The first-order valence-electron chi connectivity index (χ1n) is 13.2. The van der Waals surface area contributed by atoms with Crippen molar-refractivity contribution in [3.63, 3.8) is 0 Å². The third-order valence-corrected chi connectivity index (χ3v) is 14.1. The van der Waals surface area contributed by atoms with Gasteiger partial charge in [-0.25, -0.2) is 27.8 Å².